The third kappa shape index (κ3) is 5.85. The van der Waals surface area contributed by atoms with Gasteiger partial charge in [0.25, 0.3) is 5.91 Å². The van der Waals surface area contributed by atoms with E-state index in [2.05, 4.69) is 31.9 Å². The molecule has 2 aromatic carbocycles. The minimum Gasteiger partial charge on any atom is -0.480 e. The van der Waals surface area contributed by atoms with E-state index < -0.39 is 23.4 Å². The van der Waals surface area contributed by atoms with E-state index in [1.54, 1.807) is 18.2 Å². The molecular formula is C25H23BrCl3N3O5. The molecule has 1 heterocycles. The van der Waals surface area contributed by atoms with E-state index in [9.17, 15) is 19.5 Å². The summed E-state index contributed by atoms with van der Waals surface area (Å²) in [5.41, 5.74) is -1.01. The fraction of sp³-hybridized carbons (Fsp3) is 0.320. The summed E-state index contributed by atoms with van der Waals surface area (Å²) in [4.78, 5) is 38.7. The molecule has 3 aromatic rings. The summed E-state index contributed by atoms with van der Waals surface area (Å²) in [6.45, 7) is 1.51. The molecule has 0 spiro atoms. The lowest BCUT2D eigenvalue weighted by atomic mass is 9.75. The molecule has 4 N–H and O–H groups in total. The molecule has 1 aliphatic carbocycles. The van der Waals surface area contributed by atoms with Crippen LogP contribution in [0.4, 0.5) is 16.2 Å². The van der Waals surface area contributed by atoms with Gasteiger partial charge in [-0.3, -0.25) is 4.79 Å². The van der Waals surface area contributed by atoms with Crippen molar-refractivity contribution in [3.63, 3.8) is 0 Å². The van der Waals surface area contributed by atoms with Crippen molar-refractivity contribution in [1.82, 2.24) is 5.32 Å². The minimum absolute atomic E-state index is 0.0649. The van der Waals surface area contributed by atoms with E-state index in [-0.39, 0.29) is 33.1 Å². The topological polar surface area (TPSA) is 121 Å². The predicted molar refractivity (Wildman–Crippen MR) is 148 cm³/mol. The van der Waals surface area contributed by atoms with Gasteiger partial charge in [0.2, 0.25) is 5.76 Å². The lowest BCUT2D eigenvalue weighted by molar-refractivity contribution is -0.146. The Balaban J connectivity index is 1.67. The van der Waals surface area contributed by atoms with Crippen molar-refractivity contribution >= 4 is 91.0 Å². The second kappa shape index (κ2) is 11.1. The number of nitrogens with one attached hydrogen (secondary N) is 3. The molecule has 4 rings (SSSR count). The molecule has 12 heteroatoms. The van der Waals surface area contributed by atoms with Crippen LogP contribution in [0.1, 0.15) is 49.6 Å². The third-order valence-electron chi connectivity index (χ3n) is 6.58. The van der Waals surface area contributed by atoms with Gasteiger partial charge >= 0.3 is 12.0 Å². The van der Waals surface area contributed by atoms with Gasteiger partial charge in [-0.05, 0) is 56.0 Å². The largest absolute Gasteiger partial charge is 0.480 e. The van der Waals surface area contributed by atoms with E-state index >= 15 is 0 Å². The second-order valence-electron chi connectivity index (χ2n) is 9.07. The van der Waals surface area contributed by atoms with Gasteiger partial charge in [-0.15, -0.1) is 0 Å². The van der Waals surface area contributed by atoms with E-state index in [1.807, 2.05) is 0 Å². The number of halogens is 4. The molecule has 0 aliphatic heterocycles. The maximum absolute atomic E-state index is 13.5. The summed E-state index contributed by atoms with van der Waals surface area (Å²) >= 11 is 21.7. The van der Waals surface area contributed by atoms with Crippen molar-refractivity contribution in [3.8, 4) is 0 Å². The first-order valence-corrected chi connectivity index (χ1v) is 13.4. The van der Waals surface area contributed by atoms with Crippen molar-refractivity contribution < 1.29 is 23.9 Å². The van der Waals surface area contributed by atoms with E-state index in [0.717, 1.165) is 19.3 Å². The van der Waals surface area contributed by atoms with Crippen LogP contribution in [-0.4, -0.2) is 28.6 Å². The summed E-state index contributed by atoms with van der Waals surface area (Å²) < 4.78 is 6.51. The smallest absolute Gasteiger partial charge is 0.329 e. The van der Waals surface area contributed by atoms with Crippen LogP contribution >= 0.6 is 50.7 Å². The van der Waals surface area contributed by atoms with Crippen LogP contribution in [0.2, 0.25) is 15.1 Å². The molecule has 37 heavy (non-hydrogen) atoms. The van der Waals surface area contributed by atoms with Gasteiger partial charge in [-0.2, -0.15) is 0 Å². The third-order valence-corrected chi connectivity index (χ3v) is 7.89. The molecule has 1 fully saturated rings. The van der Waals surface area contributed by atoms with E-state index in [0.29, 0.717) is 33.3 Å². The highest BCUT2D eigenvalue weighted by Crippen LogP contribution is 2.37. The Labute approximate surface area is 236 Å². The first-order valence-electron chi connectivity index (χ1n) is 11.5. The number of carbonyl (C=O) groups excluding carboxylic acids is 2. The van der Waals surface area contributed by atoms with Gasteiger partial charge in [0, 0.05) is 14.9 Å². The highest BCUT2D eigenvalue weighted by molar-refractivity contribution is 9.10. The number of benzene rings is 2. The average Bonchev–Trinajstić information content (AvgIpc) is 3.19. The molecule has 8 nitrogen and oxygen atoms in total. The number of fused-ring (bicyclic) bond motifs is 1. The van der Waals surface area contributed by atoms with Crippen molar-refractivity contribution in [2.45, 2.75) is 44.6 Å². The quantitative estimate of drug-likeness (QED) is 0.220. The molecule has 0 radical (unpaired) electrons. The fourth-order valence-electron chi connectivity index (χ4n) is 4.58. The monoisotopic (exact) mass is 629 g/mol. The first kappa shape index (κ1) is 27.6. The Bertz CT molecular complexity index is 1370. The predicted octanol–water partition coefficient (Wildman–Crippen LogP) is 7.95. The number of urea groups is 1. The van der Waals surface area contributed by atoms with Crippen LogP contribution < -0.4 is 16.0 Å². The molecule has 0 unspecified atom stereocenters. The summed E-state index contributed by atoms with van der Waals surface area (Å²) in [6, 6.07) is 7.12. The fourth-order valence-corrected chi connectivity index (χ4v) is 5.83. The average molecular weight is 632 g/mol. The summed E-state index contributed by atoms with van der Waals surface area (Å²) in [5, 5.41) is 18.9. The first-order chi connectivity index (χ1) is 17.5. The maximum atomic E-state index is 13.5. The Hall–Kier alpha value is -2.46. The second-order valence-corrected chi connectivity index (χ2v) is 11.2. The lowest BCUT2D eigenvalue weighted by Gasteiger charge is -2.36. The SMILES string of the molecule is C[C@@](NC(=O)c1oc2cc(Br)ccc2c1NC(=O)Nc1c(Cl)cc(Cl)cc1Cl)(C(=O)O)C1CCCCC1. The zero-order chi connectivity index (χ0) is 26.9. The number of hydrogen-bond acceptors (Lipinski definition) is 4. The van der Waals surface area contributed by atoms with Gasteiger partial charge in [0.05, 0.1) is 15.7 Å². The molecule has 196 valence electrons. The highest BCUT2D eigenvalue weighted by atomic mass is 79.9. The van der Waals surface area contributed by atoms with E-state index in [1.165, 1.54) is 19.1 Å². The van der Waals surface area contributed by atoms with Crippen molar-refractivity contribution in [3.05, 3.63) is 55.6 Å². The van der Waals surface area contributed by atoms with Gasteiger partial charge < -0.3 is 25.5 Å². The Morgan fingerprint density at radius 3 is 2.24 bits per heavy atom. The molecular weight excluding hydrogens is 609 g/mol. The Morgan fingerprint density at radius 1 is 1.00 bits per heavy atom. The summed E-state index contributed by atoms with van der Waals surface area (Å²) in [5.74, 6) is -2.37. The van der Waals surface area contributed by atoms with E-state index in [4.69, 9.17) is 39.2 Å². The minimum atomic E-state index is -1.51. The number of carboxylic acids is 1. The van der Waals surface area contributed by atoms with Gasteiger partial charge in [0.1, 0.15) is 16.8 Å². The molecule has 1 aliphatic rings. The van der Waals surface area contributed by atoms with Crippen LogP contribution in [0.3, 0.4) is 0 Å². The normalized spacial score (nSPS) is 15.7. The number of aliphatic carboxylic acids is 1. The van der Waals surface area contributed by atoms with Gasteiger partial charge in [0.15, 0.2) is 0 Å². The van der Waals surface area contributed by atoms with Crippen LogP contribution in [0.5, 0.6) is 0 Å². The molecule has 1 saturated carbocycles. The van der Waals surface area contributed by atoms with Crippen molar-refractivity contribution in [2.24, 2.45) is 5.92 Å². The number of carbonyl (C=O) groups is 3. The Morgan fingerprint density at radius 2 is 1.62 bits per heavy atom. The zero-order valence-electron chi connectivity index (χ0n) is 19.6. The number of amides is 3. The number of furan rings is 1. The van der Waals surface area contributed by atoms with Crippen LogP contribution in [-0.2, 0) is 4.79 Å². The highest BCUT2D eigenvalue weighted by Gasteiger charge is 2.44. The van der Waals surface area contributed by atoms with Crippen molar-refractivity contribution in [1.29, 1.82) is 0 Å². The Kier molecular flexibility index (Phi) is 8.28. The van der Waals surface area contributed by atoms with Crippen LogP contribution in [0.15, 0.2) is 39.2 Å². The molecule has 1 aromatic heterocycles. The number of carboxylic acid groups (broad SMARTS) is 1. The molecule has 0 bridgehead atoms. The zero-order valence-corrected chi connectivity index (χ0v) is 23.4. The summed E-state index contributed by atoms with van der Waals surface area (Å²) in [7, 11) is 0. The molecule has 3 amide bonds. The van der Waals surface area contributed by atoms with Crippen molar-refractivity contribution in [2.75, 3.05) is 10.6 Å². The van der Waals surface area contributed by atoms with Gasteiger partial charge in [-0.1, -0.05) is 70.0 Å². The standard InChI is InChI=1S/C25H23BrCl3N3O5/c1-25(23(34)35,12-5-3-2-4-6-12)32-22(33)21-19(15-8-7-13(26)9-18(15)37-21)30-24(36)31-20-16(28)10-14(27)11-17(20)29/h7-12H,2-6H2,1H3,(H,32,33)(H,34,35)(H2,30,31,36)/t25-/m0/s1. The lowest BCUT2D eigenvalue weighted by Crippen LogP contribution is -2.57. The van der Waals surface area contributed by atoms with Gasteiger partial charge in [-0.25, -0.2) is 9.59 Å². The number of rotatable bonds is 6. The molecule has 0 saturated heterocycles. The van der Waals surface area contributed by atoms with Crippen LogP contribution in [0.25, 0.3) is 11.0 Å². The number of anilines is 2. The van der Waals surface area contributed by atoms with Crippen LogP contribution in [0, 0.1) is 5.92 Å². The molecule has 1 atom stereocenters. The number of hydrogen-bond donors (Lipinski definition) is 4. The summed E-state index contributed by atoms with van der Waals surface area (Å²) in [6.07, 6.45) is 4.19. The maximum Gasteiger partial charge on any atom is 0.329 e.